The zero-order valence-electron chi connectivity index (χ0n) is 30.3. The molecule has 0 unspecified atom stereocenters. The van der Waals surface area contributed by atoms with E-state index in [1.807, 2.05) is 24.3 Å². The predicted octanol–water partition coefficient (Wildman–Crippen LogP) is 4.06. The van der Waals surface area contributed by atoms with Gasteiger partial charge in [-0.3, -0.25) is 28.0 Å². The van der Waals surface area contributed by atoms with Crippen LogP contribution in [0.5, 0.6) is 0 Å². The molecule has 2 fully saturated rings. The molecule has 0 radical (unpaired) electrons. The van der Waals surface area contributed by atoms with Gasteiger partial charge in [0.05, 0.1) is 0 Å². The Morgan fingerprint density at radius 3 is 1.46 bits per heavy atom. The minimum absolute atomic E-state index is 0.0711. The number of aromatic nitrogens is 4. The van der Waals surface area contributed by atoms with E-state index in [9.17, 15) is 19.2 Å². The normalized spacial score (nSPS) is 17.0. The molecule has 8 rings (SSSR count). The lowest BCUT2D eigenvalue weighted by molar-refractivity contribution is -0.120. The monoisotopic (exact) mass is 722 g/mol. The van der Waals surface area contributed by atoms with Crippen molar-refractivity contribution in [2.45, 2.75) is 64.7 Å². The predicted molar refractivity (Wildman–Crippen MR) is 208 cm³/mol. The van der Waals surface area contributed by atoms with Crippen molar-refractivity contribution in [3.63, 3.8) is 0 Å². The van der Waals surface area contributed by atoms with Gasteiger partial charge in [0.1, 0.15) is 11.3 Å². The van der Waals surface area contributed by atoms with Gasteiger partial charge >= 0.3 is 0 Å². The molecule has 0 spiro atoms. The lowest BCUT2D eigenvalue weighted by atomic mass is 9.88. The third kappa shape index (κ3) is 6.93. The summed E-state index contributed by atoms with van der Waals surface area (Å²) in [7, 11) is 0. The van der Waals surface area contributed by atoms with Crippen LogP contribution in [0.15, 0.2) is 95.0 Å². The number of carbonyl (C=O) groups excluding carboxylic acids is 2. The van der Waals surface area contributed by atoms with Gasteiger partial charge in [0, 0.05) is 87.0 Å². The van der Waals surface area contributed by atoms with Crippen molar-refractivity contribution >= 4 is 23.1 Å². The van der Waals surface area contributed by atoms with Crippen molar-refractivity contribution in [1.82, 2.24) is 40.0 Å². The van der Waals surface area contributed by atoms with E-state index in [0.717, 1.165) is 57.3 Å². The number of amides is 2. The summed E-state index contributed by atoms with van der Waals surface area (Å²) in [6.07, 6.45) is 9.53. The first-order valence-electron chi connectivity index (χ1n) is 18.4. The van der Waals surface area contributed by atoms with Crippen LogP contribution < -0.4 is 32.4 Å². The summed E-state index contributed by atoms with van der Waals surface area (Å²) in [5.41, 5.74) is 10.5. The number of nitrogens with one attached hydrogen (secondary N) is 4. The van der Waals surface area contributed by atoms with Crippen LogP contribution in [0, 0.1) is 13.8 Å². The molecule has 274 valence electrons. The molecule has 2 aromatic carbocycles. The van der Waals surface area contributed by atoms with Gasteiger partial charge in [-0.1, -0.05) is 36.4 Å². The summed E-state index contributed by atoms with van der Waals surface area (Å²) < 4.78 is 3.15. The number of fused-ring (bicyclic) bond motifs is 2. The molecule has 0 aliphatic carbocycles. The van der Waals surface area contributed by atoms with Gasteiger partial charge in [0.25, 0.3) is 11.1 Å². The highest BCUT2D eigenvalue weighted by molar-refractivity contribution is 5.84. The maximum atomic E-state index is 13.3. The third-order valence-electron chi connectivity index (χ3n) is 10.7. The third-order valence-corrected chi connectivity index (χ3v) is 10.7. The van der Waals surface area contributed by atoms with Crippen molar-refractivity contribution in [2.24, 2.45) is 0 Å². The van der Waals surface area contributed by atoms with E-state index in [4.69, 9.17) is 0 Å². The van der Waals surface area contributed by atoms with Crippen LogP contribution in [-0.2, 0) is 22.7 Å². The number of carbonyl (C=O) groups is 2. The van der Waals surface area contributed by atoms with Gasteiger partial charge in [-0.05, 0) is 95.5 Å². The van der Waals surface area contributed by atoms with E-state index in [2.05, 4.69) is 81.5 Å². The standard InChI is InChI=1S/C42H42N8O4/c1-25-33(27-13-15-49-37(17-27)45-21-29(41(49)53)19-43-23-31-9-11-39(51)47-31)5-3-7-35(25)36-8-4-6-34(26(36)2)28-14-16-50-38(18-28)46-22-30(42(50)54)20-44-24-32-10-12-40(52)48-32/h3-8,13-18,21-22,31-32,43-44H,9-12,19-20,23-24H2,1-2H3,(H,47,51)(H,48,52)/t31-,32-/m1/s1. The van der Waals surface area contributed by atoms with Gasteiger partial charge < -0.3 is 21.3 Å². The Morgan fingerprint density at radius 2 is 1.06 bits per heavy atom. The Bertz CT molecular complexity index is 2380. The summed E-state index contributed by atoms with van der Waals surface area (Å²) in [5, 5.41) is 12.4. The number of hydrogen-bond acceptors (Lipinski definition) is 8. The van der Waals surface area contributed by atoms with Crippen LogP contribution in [0.25, 0.3) is 44.7 Å². The second kappa shape index (κ2) is 14.8. The molecule has 54 heavy (non-hydrogen) atoms. The summed E-state index contributed by atoms with van der Waals surface area (Å²) in [6.45, 7) is 6.19. The van der Waals surface area contributed by atoms with Crippen LogP contribution in [0.2, 0.25) is 0 Å². The molecule has 2 saturated heterocycles. The molecule has 0 bridgehead atoms. The van der Waals surface area contributed by atoms with Gasteiger partial charge in [-0.15, -0.1) is 0 Å². The Balaban J connectivity index is 1.02. The molecule has 2 aliphatic heterocycles. The van der Waals surface area contributed by atoms with Crippen LogP contribution in [0.3, 0.4) is 0 Å². The van der Waals surface area contributed by atoms with Gasteiger partial charge in [-0.25, -0.2) is 9.97 Å². The topological polar surface area (TPSA) is 151 Å². The second-order valence-corrected chi connectivity index (χ2v) is 14.3. The van der Waals surface area contributed by atoms with Crippen LogP contribution >= 0.6 is 0 Å². The van der Waals surface area contributed by atoms with Crippen LogP contribution in [0.1, 0.15) is 47.9 Å². The van der Waals surface area contributed by atoms with E-state index in [1.54, 1.807) is 33.6 Å². The zero-order chi connectivity index (χ0) is 37.3. The van der Waals surface area contributed by atoms with Crippen molar-refractivity contribution < 1.29 is 9.59 Å². The fourth-order valence-electron chi connectivity index (χ4n) is 7.71. The van der Waals surface area contributed by atoms with Gasteiger partial charge in [-0.2, -0.15) is 0 Å². The molecule has 12 heteroatoms. The summed E-state index contributed by atoms with van der Waals surface area (Å²) in [4.78, 5) is 58.9. The molecule has 4 N–H and O–H groups in total. The highest BCUT2D eigenvalue weighted by Gasteiger charge is 2.21. The average molecular weight is 723 g/mol. The molecule has 12 nitrogen and oxygen atoms in total. The molecule has 2 amide bonds. The molecule has 4 aromatic heterocycles. The maximum absolute atomic E-state index is 13.3. The number of nitrogens with zero attached hydrogens (tertiary/aromatic N) is 4. The molecular weight excluding hydrogens is 681 g/mol. The van der Waals surface area contributed by atoms with Crippen LogP contribution in [0.4, 0.5) is 0 Å². The first-order chi connectivity index (χ1) is 26.2. The SMILES string of the molecule is Cc1c(-c2ccn3c(=O)c(CNC[C@H]4CCC(=O)N4)cnc3c2)cccc1-c1cccc(-c2ccn3c(=O)c(CNC[C@H]4CCC(=O)N4)cnc3c2)c1C. The Hall–Kier alpha value is -5.98. The van der Waals surface area contributed by atoms with E-state index in [-0.39, 0.29) is 35.0 Å². The molecule has 2 aliphatic rings. The molecule has 0 saturated carbocycles. The van der Waals surface area contributed by atoms with Crippen molar-refractivity contribution in [1.29, 1.82) is 0 Å². The molecular formula is C42H42N8O4. The second-order valence-electron chi connectivity index (χ2n) is 14.3. The lowest BCUT2D eigenvalue weighted by Crippen LogP contribution is -2.36. The van der Waals surface area contributed by atoms with Gasteiger partial charge in [0.15, 0.2) is 0 Å². The molecule has 6 aromatic rings. The number of rotatable bonds is 11. The fourth-order valence-corrected chi connectivity index (χ4v) is 7.71. The van der Waals surface area contributed by atoms with E-state index < -0.39 is 0 Å². The Morgan fingerprint density at radius 1 is 0.630 bits per heavy atom. The summed E-state index contributed by atoms with van der Waals surface area (Å²) in [5.74, 6) is 0.142. The van der Waals surface area contributed by atoms with Crippen molar-refractivity contribution in [2.75, 3.05) is 13.1 Å². The summed E-state index contributed by atoms with van der Waals surface area (Å²) in [6, 6.07) is 20.5. The summed E-state index contributed by atoms with van der Waals surface area (Å²) >= 11 is 0. The zero-order valence-corrected chi connectivity index (χ0v) is 30.3. The van der Waals surface area contributed by atoms with Crippen LogP contribution in [-0.4, -0.2) is 55.8 Å². The van der Waals surface area contributed by atoms with Gasteiger partial charge in [0.2, 0.25) is 11.8 Å². The number of hydrogen-bond donors (Lipinski definition) is 4. The van der Waals surface area contributed by atoms with Crippen molar-refractivity contribution in [3.8, 4) is 33.4 Å². The van der Waals surface area contributed by atoms with E-state index in [0.29, 0.717) is 61.4 Å². The fraction of sp³-hybridized carbons (Fsp3) is 0.286. The average Bonchev–Trinajstić information content (AvgIpc) is 3.80. The number of benzene rings is 2. The quantitative estimate of drug-likeness (QED) is 0.157. The minimum atomic E-state index is -0.120. The van der Waals surface area contributed by atoms with E-state index in [1.165, 1.54) is 0 Å². The minimum Gasteiger partial charge on any atom is -0.352 e. The largest absolute Gasteiger partial charge is 0.352 e. The van der Waals surface area contributed by atoms with Crippen molar-refractivity contribution in [3.05, 3.63) is 128 Å². The Kier molecular flexibility index (Phi) is 9.61. The lowest BCUT2D eigenvalue weighted by Gasteiger charge is -2.17. The first-order valence-corrected chi connectivity index (χ1v) is 18.4. The Labute approximate surface area is 311 Å². The highest BCUT2D eigenvalue weighted by atomic mass is 16.2. The smallest absolute Gasteiger partial charge is 0.262 e. The highest BCUT2D eigenvalue weighted by Crippen LogP contribution is 2.37. The molecule has 6 heterocycles. The molecule has 2 atom stereocenters. The number of pyridine rings is 2. The maximum Gasteiger partial charge on any atom is 0.262 e. The van der Waals surface area contributed by atoms with E-state index >= 15 is 0 Å². The first kappa shape index (κ1) is 35.1.